The van der Waals surface area contributed by atoms with Gasteiger partial charge in [-0.25, -0.2) is 9.88 Å². The minimum Gasteiger partial charge on any atom is -0.274 e. The number of hydrogen-bond donors (Lipinski definition) is 0. The number of carbonyl (C=O) groups is 2. The van der Waals surface area contributed by atoms with Gasteiger partial charge in [0.1, 0.15) is 11.1 Å². The maximum Gasteiger partial charge on any atom is 0.247 e. The SMILES string of the molecule is CC(C)Cc1ccc(C#N)c(S[C@@H]2CC(=O)N(c3cccc(Cl)c3)C2=O)n1. The van der Waals surface area contributed by atoms with Crippen LogP contribution >= 0.6 is 23.4 Å². The summed E-state index contributed by atoms with van der Waals surface area (Å²) < 4.78 is 0. The number of halogens is 1. The molecule has 0 spiro atoms. The largest absolute Gasteiger partial charge is 0.274 e. The minimum atomic E-state index is -0.606. The number of aromatic nitrogens is 1. The number of amides is 2. The van der Waals surface area contributed by atoms with Crippen LogP contribution in [0.25, 0.3) is 0 Å². The first-order valence-corrected chi connectivity index (χ1v) is 9.84. The number of rotatable bonds is 5. The summed E-state index contributed by atoms with van der Waals surface area (Å²) in [5.41, 5.74) is 1.74. The van der Waals surface area contributed by atoms with Gasteiger partial charge in [-0.1, -0.05) is 43.3 Å². The highest BCUT2D eigenvalue weighted by atomic mass is 35.5. The van der Waals surface area contributed by atoms with E-state index in [-0.39, 0.29) is 18.2 Å². The van der Waals surface area contributed by atoms with Crippen molar-refractivity contribution in [2.45, 2.75) is 37.0 Å². The average Bonchev–Trinajstić information content (AvgIpc) is 2.88. The van der Waals surface area contributed by atoms with Crippen LogP contribution in [0.4, 0.5) is 5.69 Å². The zero-order chi connectivity index (χ0) is 19.6. The second kappa shape index (κ2) is 8.12. The van der Waals surface area contributed by atoms with Gasteiger partial charge < -0.3 is 0 Å². The fourth-order valence-corrected chi connectivity index (χ4v) is 4.20. The molecule has 5 nitrogen and oxygen atoms in total. The number of hydrogen-bond acceptors (Lipinski definition) is 5. The number of imide groups is 1. The molecular formula is C20H18ClN3O2S. The first kappa shape index (κ1) is 19.4. The van der Waals surface area contributed by atoms with E-state index in [1.807, 2.05) is 6.07 Å². The van der Waals surface area contributed by atoms with E-state index in [9.17, 15) is 14.9 Å². The zero-order valence-corrected chi connectivity index (χ0v) is 16.5. The number of pyridine rings is 1. The third kappa shape index (κ3) is 4.32. The summed E-state index contributed by atoms with van der Waals surface area (Å²) in [7, 11) is 0. The van der Waals surface area contributed by atoms with E-state index < -0.39 is 5.25 Å². The Morgan fingerprint density at radius 1 is 1.33 bits per heavy atom. The summed E-state index contributed by atoms with van der Waals surface area (Å²) in [6.07, 6.45) is 0.850. The van der Waals surface area contributed by atoms with Gasteiger partial charge in [0.25, 0.3) is 0 Å². The van der Waals surface area contributed by atoms with Crippen LogP contribution in [0.1, 0.15) is 31.5 Å². The molecule has 2 aromatic rings. The Balaban J connectivity index is 1.85. The molecule has 1 atom stereocenters. The van der Waals surface area contributed by atoms with E-state index >= 15 is 0 Å². The number of benzene rings is 1. The molecule has 0 unspecified atom stereocenters. The highest BCUT2D eigenvalue weighted by Crippen LogP contribution is 2.35. The van der Waals surface area contributed by atoms with Crippen LogP contribution in [0.5, 0.6) is 0 Å². The Morgan fingerprint density at radius 3 is 2.78 bits per heavy atom. The van der Waals surface area contributed by atoms with Crippen molar-refractivity contribution in [2.24, 2.45) is 5.92 Å². The molecule has 0 saturated carbocycles. The van der Waals surface area contributed by atoms with Crippen LogP contribution in [0, 0.1) is 17.2 Å². The third-order valence-electron chi connectivity index (χ3n) is 4.08. The van der Waals surface area contributed by atoms with Gasteiger partial charge in [0, 0.05) is 17.1 Å². The average molecular weight is 400 g/mol. The van der Waals surface area contributed by atoms with Gasteiger partial charge in [-0.05, 0) is 42.7 Å². The minimum absolute atomic E-state index is 0.0664. The van der Waals surface area contributed by atoms with E-state index in [1.54, 1.807) is 30.3 Å². The first-order chi connectivity index (χ1) is 12.9. The van der Waals surface area contributed by atoms with E-state index in [4.69, 9.17) is 11.6 Å². The molecule has 138 valence electrons. The molecule has 1 aliphatic heterocycles. The Labute approximate surface area is 167 Å². The summed E-state index contributed by atoms with van der Waals surface area (Å²) in [5, 5.41) is 9.71. The second-order valence-corrected chi connectivity index (χ2v) is 8.35. The molecule has 1 aromatic heterocycles. The van der Waals surface area contributed by atoms with Crippen molar-refractivity contribution in [1.82, 2.24) is 4.98 Å². The standard InChI is InChI=1S/C20H18ClN3O2S/c1-12(2)8-15-7-6-13(11-22)19(23-15)27-17-10-18(25)24(20(17)26)16-5-3-4-14(21)9-16/h3-7,9,12,17H,8,10H2,1-2H3/t17-/m1/s1. The summed E-state index contributed by atoms with van der Waals surface area (Å²) in [6, 6.07) is 12.3. The molecule has 7 heteroatoms. The van der Waals surface area contributed by atoms with Crippen LogP contribution in [0.15, 0.2) is 41.4 Å². The zero-order valence-electron chi connectivity index (χ0n) is 15.0. The molecule has 27 heavy (non-hydrogen) atoms. The quantitative estimate of drug-likeness (QED) is 0.703. The topological polar surface area (TPSA) is 74.1 Å². The summed E-state index contributed by atoms with van der Waals surface area (Å²) >= 11 is 7.16. The van der Waals surface area contributed by atoms with Crippen LogP contribution in [0.2, 0.25) is 5.02 Å². The molecule has 0 N–H and O–H groups in total. The molecule has 3 rings (SSSR count). The maximum atomic E-state index is 12.8. The van der Waals surface area contributed by atoms with Gasteiger partial charge in [-0.2, -0.15) is 5.26 Å². The van der Waals surface area contributed by atoms with Gasteiger partial charge in [-0.15, -0.1) is 0 Å². The van der Waals surface area contributed by atoms with Crippen molar-refractivity contribution in [3.05, 3.63) is 52.7 Å². The fourth-order valence-electron chi connectivity index (χ4n) is 2.90. The lowest BCUT2D eigenvalue weighted by atomic mass is 10.1. The summed E-state index contributed by atoms with van der Waals surface area (Å²) in [5.74, 6) is -0.167. The smallest absolute Gasteiger partial charge is 0.247 e. The Hall–Kier alpha value is -2.36. The van der Waals surface area contributed by atoms with Gasteiger partial charge in [0.2, 0.25) is 11.8 Å². The van der Waals surface area contributed by atoms with Crippen LogP contribution in [-0.4, -0.2) is 22.0 Å². The fraction of sp³-hybridized carbons (Fsp3) is 0.300. The highest BCUT2D eigenvalue weighted by Gasteiger charge is 2.40. The van der Waals surface area contributed by atoms with E-state index in [0.717, 1.165) is 17.0 Å². The lowest BCUT2D eigenvalue weighted by Crippen LogP contribution is -2.31. The molecule has 0 radical (unpaired) electrons. The maximum absolute atomic E-state index is 12.8. The number of anilines is 1. The Morgan fingerprint density at radius 2 is 2.11 bits per heavy atom. The van der Waals surface area contributed by atoms with Gasteiger partial charge in [-0.3, -0.25) is 9.59 Å². The number of nitrogens with zero attached hydrogens (tertiary/aromatic N) is 3. The lowest BCUT2D eigenvalue weighted by molar-refractivity contribution is -0.121. The van der Waals surface area contributed by atoms with Crippen LogP contribution in [-0.2, 0) is 16.0 Å². The van der Waals surface area contributed by atoms with Crippen LogP contribution < -0.4 is 4.90 Å². The molecule has 2 heterocycles. The van der Waals surface area contributed by atoms with E-state index in [0.29, 0.717) is 27.2 Å². The van der Waals surface area contributed by atoms with Gasteiger partial charge in [0.15, 0.2) is 0 Å². The molecule has 1 aliphatic rings. The first-order valence-electron chi connectivity index (χ1n) is 8.58. The molecule has 1 aromatic carbocycles. The summed E-state index contributed by atoms with van der Waals surface area (Å²) in [4.78, 5) is 31.0. The van der Waals surface area contributed by atoms with Crippen molar-refractivity contribution in [3.63, 3.8) is 0 Å². The molecule has 0 bridgehead atoms. The van der Waals surface area contributed by atoms with Crippen molar-refractivity contribution < 1.29 is 9.59 Å². The second-order valence-electron chi connectivity index (χ2n) is 6.72. The molecule has 2 amide bonds. The highest BCUT2D eigenvalue weighted by molar-refractivity contribution is 8.00. The predicted molar refractivity (Wildman–Crippen MR) is 106 cm³/mol. The number of carbonyl (C=O) groups excluding carboxylic acids is 2. The van der Waals surface area contributed by atoms with E-state index in [1.165, 1.54) is 11.8 Å². The molecule has 0 aliphatic carbocycles. The van der Waals surface area contributed by atoms with Crippen molar-refractivity contribution in [2.75, 3.05) is 4.90 Å². The van der Waals surface area contributed by atoms with Crippen molar-refractivity contribution in [3.8, 4) is 6.07 Å². The Kier molecular flexibility index (Phi) is 5.83. The predicted octanol–water partition coefficient (Wildman–Crippen LogP) is 4.23. The lowest BCUT2D eigenvalue weighted by Gasteiger charge is -2.15. The van der Waals surface area contributed by atoms with E-state index in [2.05, 4.69) is 24.9 Å². The molecule has 1 saturated heterocycles. The van der Waals surface area contributed by atoms with Crippen LogP contribution in [0.3, 0.4) is 0 Å². The molecular weight excluding hydrogens is 382 g/mol. The summed E-state index contributed by atoms with van der Waals surface area (Å²) in [6.45, 7) is 4.18. The number of thioether (sulfide) groups is 1. The molecule has 1 fully saturated rings. The Bertz CT molecular complexity index is 939. The van der Waals surface area contributed by atoms with Crippen molar-refractivity contribution >= 4 is 40.9 Å². The third-order valence-corrected chi connectivity index (χ3v) is 5.50. The van der Waals surface area contributed by atoms with Gasteiger partial charge in [0.05, 0.1) is 16.5 Å². The monoisotopic (exact) mass is 399 g/mol. The number of nitriles is 1. The van der Waals surface area contributed by atoms with Gasteiger partial charge >= 0.3 is 0 Å². The van der Waals surface area contributed by atoms with Crippen molar-refractivity contribution in [1.29, 1.82) is 5.26 Å². The normalized spacial score (nSPS) is 16.9.